The van der Waals surface area contributed by atoms with Crippen molar-refractivity contribution in [2.75, 3.05) is 32.6 Å². The fraction of sp³-hybridized carbons (Fsp3) is 0.357. The molecule has 0 radical (unpaired) electrons. The summed E-state index contributed by atoms with van der Waals surface area (Å²) >= 11 is 0. The number of rotatable bonds is 5. The fourth-order valence-electron chi connectivity index (χ4n) is 1.47. The Morgan fingerprint density at radius 1 is 1.42 bits per heavy atom. The number of guanidine groups is 1. The second-order valence-electron chi connectivity index (χ2n) is 3.55. The van der Waals surface area contributed by atoms with Crippen molar-refractivity contribution in [2.24, 2.45) is 4.99 Å². The molecule has 0 bridgehead atoms. The number of methoxy groups -OCH3 is 1. The van der Waals surface area contributed by atoms with Gasteiger partial charge in [-0.25, -0.2) is 0 Å². The summed E-state index contributed by atoms with van der Waals surface area (Å²) in [6.45, 7) is 2.91. The van der Waals surface area contributed by atoms with Crippen LogP contribution in [0.3, 0.4) is 0 Å². The third kappa shape index (κ3) is 4.43. The second kappa shape index (κ2) is 7.88. The van der Waals surface area contributed by atoms with E-state index >= 15 is 0 Å². The molecule has 102 valence electrons. The topological polar surface area (TPSA) is 54.9 Å². The lowest BCUT2D eigenvalue weighted by molar-refractivity contribution is 0.311. The highest BCUT2D eigenvalue weighted by Crippen LogP contribution is 2.30. The average molecular weight is 261 g/mol. The minimum atomic E-state index is 0.411. The maximum Gasteiger partial charge on any atom is 0.196 e. The van der Waals surface area contributed by atoms with Crippen LogP contribution in [0, 0.1) is 12.3 Å². The van der Waals surface area contributed by atoms with Crippen molar-refractivity contribution in [3.63, 3.8) is 0 Å². The Morgan fingerprint density at radius 2 is 2.21 bits per heavy atom. The molecule has 5 heteroatoms. The number of nitrogens with one attached hydrogen (secondary N) is 2. The zero-order chi connectivity index (χ0) is 14.1. The molecule has 0 spiro atoms. The fourth-order valence-corrected chi connectivity index (χ4v) is 1.47. The van der Waals surface area contributed by atoms with E-state index in [2.05, 4.69) is 21.5 Å². The summed E-state index contributed by atoms with van der Waals surface area (Å²) in [6, 6.07) is 5.57. The monoisotopic (exact) mass is 261 g/mol. The largest absolute Gasteiger partial charge is 0.493 e. The predicted octanol–water partition coefficient (Wildman–Crippen LogP) is 1.71. The second-order valence-corrected chi connectivity index (χ2v) is 3.55. The van der Waals surface area contributed by atoms with E-state index in [0.29, 0.717) is 30.6 Å². The van der Waals surface area contributed by atoms with Crippen LogP contribution in [0.15, 0.2) is 23.2 Å². The van der Waals surface area contributed by atoms with E-state index in [1.54, 1.807) is 14.2 Å². The van der Waals surface area contributed by atoms with E-state index in [9.17, 15) is 0 Å². The Labute approximate surface area is 114 Å². The lowest BCUT2D eigenvalue weighted by atomic mass is 10.2. The molecular weight excluding hydrogens is 242 g/mol. The number of terminal acetylenes is 1. The Balaban J connectivity index is 2.84. The summed E-state index contributed by atoms with van der Waals surface area (Å²) < 4.78 is 10.7. The van der Waals surface area contributed by atoms with Gasteiger partial charge in [-0.1, -0.05) is 5.92 Å². The molecule has 0 heterocycles. The van der Waals surface area contributed by atoms with Gasteiger partial charge in [0.25, 0.3) is 0 Å². The molecule has 0 amide bonds. The maximum absolute atomic E-state index is 5.51. The van der Waals surface area contributed by atoms with Gasteiger partial charge in [0.15, 0.2) is 17.5 Å². The normalized spacial score (nSPS) is 10.5. The number of aliphatic imine (C=N–C) groups is 1. The van der Waals surface area contributed by atoms with E-state index in [-0.39, 0.29) is 0 Å². The summed E-state index contributed by atoms with van der Waals surface area (Å²) in [5.41, 5.74) is 0.842. The van der Waals surface area contributed by atoms with Crippen LogP contribution >= 0.6 is 0 Å². The van der Waals surface area contributed by atoms with Gasteiger partial charge in [-0.05, 0) is 19.1 Å². The van der Waals surface area contributed by atoms with Crippen LogP contribution in [0.5, 0.6) is 11.5 Å². The van der Waals surface area contributed by atoms with Gasteiger partial charge < -0.3 is 20.1 Å². The van der Waals surface area contributed by atoms with Crippen LogP contribution in [0.1, 0.15) is 6.92 Å². The minimum absolute atomic E-state index is 0.411. The SMILES string of the molecule is C#CCNC(=NC)Nc1ccc(OC)c(OCC)c1. The molecule has 0 unspecified atom stereocenters. The number of benzene rings is 1. The third-order valence-corrected chi connectivity index (χ3v) is 2.31. The molecule has 0 aromatic heterocycles. The van der Waals surface area contributed by atoms with Gasteiger partial charge in [0, 0.05) is 18.8 Å². The summed E-state index contributed by atoms with van der Waals surface area (Å²) in [4.78, 5) is 4.07. The molecule has 0 aliphatic rings. The molecule has 1 rings (SSSR count). The molecular formula is C14H19N3O2. The lowest BCUT2D eigenvalue weighted by Crippen LogP contribution is -2.30. The molecule has 19 heavy (non-hydrogen) atoms. The first-order chi connectivity index (χ1) is 9.24. The lowest BCUT2D eigenvalue weighted by Gasteiger charge is -2.13. The first kappa shape index (κ1) is 14.7. The smallest absolute Gasteiger partial charge is 0.196 e. The van der Waals surface area contributed by atoms with Crippen molar-refractivity contribution >= 4 is 11.6 Å². The van der Waals surface area contributed by atoms with Crippen LogP contribution in [0.25, 0.3) is 0 Å². The van der Waals surface area contributed by atoms with Gasteiger partial charge in [0.1, 0.15) is 0 Å². The number of nitrogens with zero attached hydrogens (tertiary/aromatic N) is 1. The summed E-state index contributed by atoms with van der Waals surface area (Å²) in [5.74, 6) is 4.47. The van der Waals surface area contributed by atoms with Crippen LogP contribution in [0.4, 0.5) is 5.69 Å². The van der Waals surface area contributed by atoms with Gasteiger partial charge in [-0.2, -0.15) is 0 Å². The summed E-state index contributed by atoms with van der Waals surface area (Å²) in [5, 5.41) is 6.10. The first-order valence-electron chi connectivity index (χ1n) is 5.97. The van der Waals surface area contributed by atoms with Crippen LogP contribution < -0.4 is 20.1 Å². The van der Waals surface area contributed by atoms with Crippen LogP contribution in [-0.2, 0) is 0 Å². The highest BCUT2D eigenvalue weighted by molar-refractivity contribution is 5.94. The van der Waals surface area contributed by atoms with Crippen molar-refractivity contribution in [3.8, 4) is 23.8 Å². The predicted molar refractivity (Wildman–Crippen MR) is 78.0 cm³/mol. The number of hydrogen-bond donors (Lipinski definition) is 2. The standard InChI is InChI=1S/C14H19N3O2/c1-5-9-16-14(15-3)17-11-7-8-12(18-4)13(10-11)19-6-2/h1,7-8,10H,6,9H2,2-4H3,(H2,15,16,17). The first-order valence-corrected chi connectivity index (χ1v) is 5.97. The Bertz CT molecular complexity index is 478. The van der Waals surface area contributed by atoms with Crippen molar-refractivity contribution in [1.82, 2.24) is 5.32 Å². The highest BCUT2D eigenvalue weighted by atomic mass is 16.5. The van der Waals surface area contributed by atoms with E-state index in [4.69, 9.17) is 15.9 Å². The number of ether oxygens (including phenoxy) is 2. The van der Waals surface area contributed by atoms with E-state index in [1.807, 2.05) is 25.1 Å². The van der Waals surface area contributed by atoms with Crippen LogP contribution in [0.2, 0.25) is 0 Å². The zero-order valence-electron chi connectivity index (χ0n) is 11.5. The van der Waals surface area contributed by atoms with E-state index in [1.165, 1.54) is 0 Å². The Kier molecular flexibility index (Phi) is 6.10. The molecule has 5 nitrogen and oxygen atoms in total. The minimum Gasteiger partial charge on any atom is -0.493 e. The van der Waals surface area contributed by atoms with Crippen LogP contribution in [-0.4, -0.2) is 33.3 Å². The maximum atomic E-state index is 5.51. The molecule has 0 aliphatic heterocycles. The van der Waals surface area contributed by atoms with Gasteiger partial charge >= 0.3 is 0 Å². The Morgan fingerprint density at radius 3 is 2.79 bits per heavy atom. The number of hydrogen-bond acceptors (Lipinski definition) is 3. The molecule has 2 N–H and O–H groups in total. The molecule has 1 aromatic rings. The van der Waals surface area contributed by atoms with Gasteiger partial charge in [-0.3, -0.25) is 4.99 Å². The Hall–Kier alpha value is -2.35. The molecule has 0 fully saturated rings. The highest BCUT2D eigenvalue weighted by Gasteiger charge is 2.06. The van der Waals surface area contributed by atoms with Gasteiger partial charge in [0.2, 0.25) is 0 Å². The molecule has 0 saturated heterocycles. The van der Waals surface area contributed by atoms with E-state index in [0.717, 1.165) is 5.69 Å². The number of anilines is 1. The molecule has 0 aliphatic carbocycles. The molecule has 1 aromatic carbocycles. The molecule has 0 saturated carbocycles. The van der Waals surface area contributed by atoms with Crippen molar-refractivity contribution < 1.29 is 9.47 Å². The zero-order valence-corrected chi connectivity index (χ0v) is 11.5. The average Bonchev–Trinajstić information content (AvgIpc) is 2.44. The van der Waals surface area contributed by atoms with Gasteiger partial charge in [-0.15, -0.1) is 6.42 Å². The van der Waals surface area contributed by atoms with Gasteiger partial charge in [0.05, 0.1) is 20.3 Å². The van der Waals surface area contributed by atoms with Crippen molar-refractivity contribution in [1.29, 1.82) is 0 Å². The summed E-state index contributed by atoms with van der Waals surface area (Å²) in [7, 11) is 3.29. The third-order valence-electron chi connectivity index (χ3n) is 2.31. The van der Waals surface area contributed by atoms with Crippen molar-refractivity contribution in [2.45, 2.75) is 6.92 Å². The van der Waals surface area contributed by atoms with E-state index < -0.39 is 0 Å². The molecule has 0 atom stereocenters. The quantitative estimate of drug-likeness (QED) is 0.481. The van der Waals surface area contributed by atoms with Crippen molar-refractivity contribution in [3.05, 3.63) is 18.2 Å². The summed E-state index contributed by atoms with van der Waals surface area (Å²) in [6.07, 6.45) is 5.19.